The fourth-order valence-electron chi connectivity index (χ4n) is 0.948. The zero-order chi connectivity index (χ0) is 8.81. The highest BCUT2D eigenvalue weighted by Gasteiger charge is 2.00. The van der Waals surface area contributed by atoms with E-state index in [4.69, 9.17) is 11.6 Å². The topological polar surface area (TPSA) is 30.7 Å². The molecule has 3 nitrogen and oxygen atoms in total. The molecule has 0 spiro atoms. The van der Waals surface area contributed by atoms with Crippen LogP contribution in [-0.4, -0.2) is 26.8 Å². The minimum atomic E-state index is 0.444. The molecular formula is C7H12ClN3S. The molecule has 0 unspecified atom stereocenters. The molecule has 0 saturated carbocycles. The average molecular weight is 206 g/mol. The van der Waals surface area contributed by atoms with E-state index in [1.165, 1.54) is 5.75 Å². The summed E-state index contributed by atoms with van der Waals surface area (Å²) < 4.78 is 2.00. The fourth-order valence-corrected chi connectivity index (χ4v) is 1.57. The van der Waals surface area contributed by atoms with E-state index in [2.05, 4.69) is 16.5 Å². The van der Waals surface area contributed by atoms with Crippen molar-refractivity contribution in [3.63, 3.8) is 0 Å². The molecule has 5 heteroatoms. The molecule has 0 aliphatic heterocycles. The SMILES string of the molecule is CSCCCn1cnnc1CCl. The first-order chi connectivity index (χ1) is 5.88. The quantitative estimate of drug-likeness (QED) is 0.542. The van der Waals surface area contributed by atoms with Gasteiger partial charge in [0.2, 0.25) is 0 Å². The molecule has 1 heterocycles. The van der Waals surface area contributed by atoms with Crippen LogP contribution in [0.2, 0.25) is 0 Å². The maximum absolute atomic E-state index is 5.66. The number of thioether (sulfide) groups is 1. The summed E-state index contributed by atoms with van der Waals surface area (Å²) >= 11 is 7.51. The van der Waals surface area contributed by atoms with E-state index in [9.17, 15) is 0 Å². The van der Waals surface area contributed by atoms with E-state index in [0.717, 1.165) is 18.8 Å². The Morgan fingerprint density at radius 2 is 2.50 bits per heavy atom. The van der Waals surface area contributed by atoms with Gasteiger partial charge in [0.1, 0.15) is 12.2 Å². The molecule has 0 bridgehead atoms. The van der Waals surface area contributed by atoms with Crippen LogP contribution in [0.4, 0.5) is 0 Å². The van der Waals surface area contributed by atoms with Crippen LogP contribution in [0.3, 0.4) is 0 Å². The number of nitrogens with zero attached hydrogens (tertiary/aromatic N) is 3. The third-order valence-electron chi connectivity index (χ3n) is 1.56. The van der Waals surface area contributed by atoms with Gasteiger partial charge in [0, 0.05) is 6.54 Å². The lowest BCUT2D eigenvalue weighted by atomic mass is 10.4. The summed E-state index contributed by atoms with van der Waals surface area (Å²) in [5.41, 5.74) is 0. The van der Waals surface area contributed by atoms with Gasteiger partial charge in [-0.05, 0) is 18.4 Å². The summed E-state index contributed by atoms with van der Waals surface area (Å²) in [6, 6.07) is 0. The van der Waals surface area contributed by atoms with Gasteiger partial charge in [0.25, 0.3) is 0 Å². The van der Waals surface area contributed by atoms with Crippen LogP contribution in [0.25, 0.3) is 0 Å². The zero-order valence-corrected chi connectivity index (χ0v) is 8.61. The summed E-state index contributed by atoms with van der Waals surface area (Å²) in [6.45, 7) is 0.968. The lowest BCUT2D eigenvalue weighted by Crippen LogP contribution is -2.01. The number of alkyl halides is 1. The van der Waals surface area contributed by atoms with Crippen molar-refractivity contribution in [2.45, 2.75) is 18.8 Å². The van der Waals surface area contributed by atoms with Crippen molar-refractivity contribution < 1.29 is 0 Å². The molecule has 0 atom stereocenters. The van der Waals surface area contributed by atoms with E-state index < -0.39 is 0 Å². The monoisotopic (exact) mass is 205 g/mol. The van der Waals surface area contributed by atoms with Gasteiger partial charge in [-0.2, -0.15) is 11.8 Å². The second-order valence-corrected chi connectivity index (χ2v) is 3.67. The van der Waals surface area contributed by atoms with Crippen molar-refractivity contribution in [1.82, 2.24) is 14.8 Å². The van der Waals surface area contributed by atoms with Gasteiger partial charge >= 0.3 is 0 Å². The predicted molar refractivity (Wildman–Crippen MR) is 52.6 cm³/mol. The van der Waals surface area contributed by atoms with Crippen molar-refractivity contribution in [2.75, 3.05) is 12.0 Å². The summed E-state index contributed by atoms with van der Waals surface area (Å²) in [4.78, 5) is 0. The molecule has 0 fully saturated rings. The normalized spacial score (nSPS) is 10.5. The third-order valence-corrected chi connectivity index (χ3v) is 2.50. The Morgan fingerprint density at radius 3 is 3.17 bits per heavy atom. The van der Waals surface area contributed by atoms with Gasteiger partial charge in [0.05, 0.1) is 5.88 Å². The van der Waals surface area contributed by atoms with Crippen LogP contribution in [0, 0.1) is 0 Å². The van der Waals surface area contributed by atoms with E-state index in [0.29, 0.717) is 5.88 Å². The van der Waals surface area contributed by atoms with Gasteiger partial charge < -0.3 is 4.57 Å². The largest absolute Gasteiger partial charge is 0.317 e. The number of hydrogen-bond donors (Lipinski definition) is 0. The smallest absolute Gasteiger partial charge is 0.147 e. The summed E-state index contributed by atoms with van der Waals surface area (Å²) in [5.74, 6) is 2.47. The minimum absolute atomic E-state index is 0.444. The Kier molecular flexibility index (Phi) is 4.46. The van der Waals surface area contributed by atoms with Crippen LogP contribution in [0.1, 0.15) is 12.2 Å². The fraction of sp³-hybridized carbons (Fsp3) is 0.714. The Bertz CT molecular complexity index is 226. The Hall–Kier alpha value is -0.220. The highest BCUT2D eigenvalue weighted by molar-refractivity contribution is 7.98. The second kappa shape index (κ2) is 5.43. The molecule has 0 aliphatic carbocycles. The van der Waals surface area contributed by atoms with Crippen LogP contribution < -0.4 is 0 Å². The zero-order valence-electron chi connectivity index (χ0n) is 7.03. The van der Waals surface area contributed by atoms with E-state index in [1.54, 1.807) is 6.33 Å². The molecule has 0 aliphatic rings. The first-order valence-electron chi connectivity index (χ1n) is 3.80. The van der Waals surface area contributed by atoms with E-state index in [1.807, 2.05) is 16.3 Å². The number of aromatic nitrogens is 3. The molecule has 1 rings (SSSR count). The van der Waals surface area contributed by atoms with Gasteiger partial charge in [-0.3, -0.25) is 0 Å². The Labute approximate surface area is 81.5 Å². The van der Waals surface area contributed by atoms with Crippen molar-refractivity contribution in [3.05, 3.63) is 12.2 Å². The van der Waals surface area contributed by atoms with Crippen molar-refractivity contribution >= 4 is 23.4 Å². The lowest BCUT2D eigenvalue weighted by molar-refractivity contribution is 0.658. The standard InChI is InChI=1S/C7H12ClN3S/c1-12-4-2-3-11-6-9-10-7(11)5-8/h6H,2-5H2,1H3. The maximum atomic E-state index is 5.66. The number of aryl methyl sites for hydroxylation is 1. The van der Waals surface area contributed by atoms with Crippen LogP contribution in [0.15, 0.2) is 6.33 Å². The summed E-state index contributed by atoms with van der Waals surface area (Å²) in [5, 5.41) is 7.68. The number of halogens is 1. The highest BCUT2D eigenvalue weighted by atomic mass is 35.5. The number of rotatable bonds is 5. The Balaban J connectivity index is 2.39. The lowest BCUT2D eigenvalue weighted by Gasteiger charge is -2.02. The molecule has 0 N–H and O–H groups in total. The van der Waals surface area contributed by atoms with Crippen LogP contribution >= 0.6 is 23.4 Å². The number of hydrogen-bond acceptors (Lipinski definition) is 3. The molecule has 68 valence electrons. The van der Waals surface area contributed by atoms with Crippen molar-refractivity contribution in [3.8, 4) is 0 Å². The van der Waals surface area contributed by atoms with E-state index >= 15 is 0 Å². The summed E-state index contributed by atoms with van der Waals surface area (Å²) in [7, 11) is 0. The summed E-state index contributed by atoms with van der Waals surface area (Å²) in [6.07, 6.45) is 4.98. The molecule has 12 heavy (non-hydrogen) atoms. The first kappa shape index (κ1) is 9.86. The third kappa shape index (κ3) is 2.68. The van der Waals surface area contributed by atoms with Crippen LogP contribution in [-0.2, 0) is 12.4 Å². The second-order valence-electron chi connectivity index (χ2n) is 2.42. The molecule has 0 aromatic carbocycles. The molecule has 0 amide bonds. The minimum Gasteiger partial charge on any atom is -0.317 e. The van der Waals surface area contributed by atoms with Gasteiger partial charge in [0.15, 0.2) is 0 Å². The van der Waals surface area contributed by atoms with Crippen molar-refractivity contribution in [2.24, 2.45) is 0 Å². The molecule has 1 aromatic rings. The van der Waals surface area contributed by atoms with Gasteiger partial charge in [-0.25, -0.2) is 0 Å². The molecule has 0 radical (unpaired) electrons. The average Bonchev–Trinajstić information content (AvgIpc) is 2.52. The maximum Gasteiger partial charge on any atom is 0.147 e. The van der Waals surface area contributed by atoms with Crippen molar-refractivity contribution in [1.29, 1.82) is 0 Å². The molecule has 0 saturated heterocycles. The van der Waals surface area contributed by atoms with Gasteiger partial charge in [-0.15, -0.1) is 21.8 Å². The van der Waals surface area contributed by atoms with Gasteiger partial charge in [-0.1, -0.05) is 0 Å². The Morgan fingerprint density at radius 1 is 1.67 bits per heavy atom. The highest BCUT2D eigenvalue weighted by Crippen LogP contribution is 2.03. The molecule has 1 aromatic heterocycles. The van der Waals surface area contributed by atoms with Crippen LogP contribution in [0.5, 0.6) is 0 Å². The predicted octanol–water partition coefficient (Wildman–Crippen LogP) is 1.77. The molecular weight excluding hydrogens is 194 g/mol. The van der Waals surface area contributed by atoms with E-state index in [-0.39, 0.29) is 0 Å². The first-order valence-corrected chi connectivity index (χ1v) is 5.73.